The van der Waals surface area contributed by atoms with Crippen LogP contribution in [-0.4, -0.2) is 37.0 Å². The Bertz CT molecular complexity index is 986. The third-order valence-electron chi connectivity index (χ3n) is 5.05. The first-order valence-corrected chi connectivity index (χ1v) is 9.46. The third kappa shape index (κ3) is 3.83. The molecule has 0 aromatic heterocycles. The van der Waals surface area contributed by atoms with Crippen LogP contribution in [0.25, 0.3) is 5.57 Å². The lowest BCUT2D eigenvalue weighted by Gasteiger charge is -2.19. The van der Waals surface area contributed by atoms with Crippen LogP contribution in [0.1, 0.15) is 30.5 Å². The van der Waals surface area contributed by atoms with E-state index in [1.807, 2.05) is 45.9 Å². The summed E-state index contributed by atoms with van der Waals surface area (Å²) >= 11 is 0. The highest BCUT2D eigenvalue weighted by molar-refractivity contribution is 6.36. The van der Waals surface area contributed by atoms with Crippen LogP contribution in [0.5, 0.6) is 11.5 Å². The van der Waals surface area contributed by atoms with E-state index >= 15 is 0 Å². The van der Waals surface area contributed by atoms with E-state index in [4.69, 9.17) is 9.47 Å². The molecule has 0 radical (unpaired) electrons. The van der Waals surface area contributed by atoms with Gasteiger partial charge in [-0.1, -0.05) is 18.2 Å². The van der Waals surface area contributed by atoms with E-state index in [1.54, 1.807) is 32.4 Å². The van der Waals surface area contributed by atoms with E-state index in [-0.39, 0.29) is 23.6 Å². The van der Waals surface area contributed by atoms with Crippen LogP contribution in [0.4, 0.5) is 5.69 Å². The Labute approximate surface area is 171 Å². The van der Waals surface area contributed by atoms with Gasteiger partial charge in [-0.05, 0) is 44.4 Å². The van der Waals surface area contributed by atoms with Gasteiger partial charge in [0.25, 0.3) is 11.8 Å². The quantitative estimate of drug-likeness (QED) is 0.752. The van der Waals surface area contributed by atoms with Crippen LogP contribution < -0.4 is 14.8 Å². The van der Waals surface area contributed by atoms with Gasteiger partial charge in [-0.3, -0.25) is 14.5 Å². The number of amides is 2. The predicted molar refractivity (Wildman–Crippen MR) is 113 cm³/mol. The molecule has 1 heterocycles. The summed E-state index contributed by atoms with van der Waals surface area (Å²) in [6.07, 6.45) is 0. The van der Waals surface area contributed by atoms with Gasteiger partial charge in [0.05, 0.1) is 19.8 Å². The van der Waals surface area contributed by atoms with Gasteiger partial charge in [0.1, 0.15) is 17.2 Å². The van der Waals surface area contributed by atoms with Crippen molar-refractivity contribution in [1.82, 2.24) is 4.90 Å². The van der Waals surface area contributed by atoms with Crippen LogP contribution >= 0.6 is 0 Å². The molecule has 6 heteroatoms. The van der Waals surface area contributed by atoms with Gasteiger partial charge >= 0.3 is 0 Å². The van der Waals surface area contributed by atoms with Crippen molar-refractivity contribution < 1.29 is 19.1 Å². The number of hydrogen-bond acceptors (Lipinski definition) is 5. The normalized spacial score (nSPS) is 14.1. The van der Waals surface area contributed by atoms with E-state index in [0.717, 1.165) is 11.1 Å². The second-order valence-electron chi connectivity index (χ2n) is 7.35. The van der Waals surface area contributed by atoms with Crippen molar-refractivity contribution in [2.45, 2.75) is 33.7 Å². The van der Waals surface area contributed by atoms with E-state index in [2.05, 4.69) is 5.32 Å². The predicted octanol–water partition coefficient (Wildman–Crippen LogP) is 3.92. The summed E-state index contributed by atoms with van der Waals surface area (Å²) in [7, 11) is 3.12. The summed E-state index contributed by atoms with van der Waals surface area (Å²) in [4.78, 5) is 27.6. The Kier molecular flexibility index (Phi) is 5.64. The lowest BCUT2D eigenvalue weighted by molar-refractivity contribution is -0.138. The highest BCUT2D eigenvalue weighted by atomic mass is 16.5. The molecule has 29 heavy (non-hydrogen) atoms. The Balaban J connectivity index is 2.14. The summed E-state index contributed by atoms with van der Waals surface area (Å²) in [5, 5.41) is 3.15. The molecule has 3 rings (SSSR count). The van der Waals surface area contributed by atoms with Crippen molar-refractivity contribution in [2.75, 3.05) is 19.5 Å². The average Bonchev–Trinajstić information content (AvgIpc) is 2.93. The van der Waals surface area contributed by atoms with E-state index in [9.17, 15) is 9.59 Å². The maximum Gasteiger partial charge on any atom is 0.278 e. The number of ether oxygens (including phenoxy) is 2. The molecule has 6 nitrogen and oxygen atoms in total. The molecule has 1 aliphatic heterocycles. The Hall–Kier alpha value is -3.28. The van der Waals surface area contributed by atoms with E-state index in [0.29, 0.717) is 28.3 Å². The Morgan fingerprint density at radius 1 is 0.862 bits per heavy atom. The minimum absolute atomic E-state index is 0.252. The zero-order valence-corrected chi connectivity index (χ0v) is 17.6. The summed E-state index contributed by atoms with van der Waals surface area (Å²) in [5.41, 5.74) is 4.12. The monoisotopic (exact) mass is 394 g/mol. The molecule has 1 N–H and O–H groups in total. The van der Waals surface area contributed by atoms with Gasteiger partial charge in [0, 0.05) is 29.9 Å². The molecular weight excluding hydrogens is 368 g/mol. The second kappa shape index (κ2) is 7.99. The molecule has 2 aromatic carbocycles. The number of hydrogen-bond donors (Lipinski definition) is 1. The maximum atomic E-state index is 13.2. The summed E-state index contributed by atoms with van der Waals surface area (Å²) < 4.78 is 10.6. The minimum Gasteiger partial charge on any atom is -0.497 e. The van der Waals surface area contributed by atoms with Gasteiger partial charge in [-0.2, -0.15) is 0 Å². The molecule has 0 bridgehead atoms. The molecule has 0 saturated heterocycles. The first kappa shape index (κ1) is 20.5. The molecule has 0 aliphatic carbocycles. The van der Waals surface area contributed by atoms with Crippen LogP contribution in [0.15, 0.2) is 42.1 Å². The molecule has 0 saturated carbocycles. The molecule has 2 aromatic rings. The van der Waals surface area contributed by atoms with Crippen LogP contribution in [0.3, 0.4) is 0 Å². The number of imide groups is 1. The molecule has 2 amide bonds. The van der Waals surface area contributed by atoms with Crippen LogP contribution in [-0.2, 0) is 9.59 Å². The molecule has 0 fully saturated rings. The lowest BCUT2D eigenvalue weighted by Crippen LogP contribution is -2.38. The van der Waals surface area contributed by atoms with E-state index in [1.165, 1.54) is 4.90 Å². The van der Waals surface area contributed by atoms with Gasteiger partial charge in [-0.25, -0.2) is 0 Å². The molecule has 0 spiro atoms. The fourth-order valence-corrected chi connectivity index (χ4v) is 3.32. The van der Waals surface area contributed by atoms with Crippen molar-refractivity contribution in [1.29, 1.82) is 0 Å². The second-order valence-corrected chi connectivity index (χ2v) is 7.35. The number of benzene rings is 2. The van der Waals surface area contributed by atoms with Gasteiger partial charge in [-0.15, -0.1) is 0 Å². The number of methoxy groups -OCH3 is 2. The summed E-state index contributed by atoms with van der Waals surface area (Å²) in [6, 6.07) is 10.8. The third-order valence-corrected chi connectivity index (χ3v) is 5.05. The summed E-state index contributed by atoms with van der Waals surface area (Å²) in [5.74, 6) is 0.515. The largest absolute Gasteiger partial charge is 0.497 e. The first-order chi connectivity index (χ1) is 13.8. The van der Waals surface area contributed by atoms with Crippen molar-refractivity contribution in [3.63, 3.8) is 0 Å². The maximum absolute atomic E-state index is 13.2. The van der Waals surface area contributed by atoms with Crippen molar-refractivity contribution in [3.8, 4) is 11.5 Å². The zero-order chi connectivity index (χ0) is 21.3. The van der Waals surface area contributed by atoms with Crippen LogP contribution in [0, 0.1) is 13.8 Å². The number of carbonyl (C=O) groups excluding carboxylic acids is 2. The SMILES string of the molecule is COc1cc(NC2=C(c3ccc(C)c(C)c3)C(=O)N(C(C)C)C2=O)cc(OC)c1. The van der Waals surface area contributed by atoms with Crippen molar-refractivity contribution in [2.24, 2.45) is 0 Å². The minimum atomic E-state index is -0.347. The topological polar surface area (TPSA) is 67.9 Å². The fourth-order valence-electron chi connectivity index (χ4n) is 3.32. The number of nitrogens with zero attached hydrogens (tertiary/aromatic N) is 1. The molecule has 0 atom stereocenters. The van der Waals surface area contributed by atoms with Crippen molar-refractivity contribution in [3.05, 3.63) is 58.8 Å². The van der Waals surface area contributed by atoms with E-state index < -0.39 is 0 Å². The lowest BCUT2D eigenvalue weighted by atomic mass is 9.99. The molecular formula is C23H26N2O4. The number of nitrogens with one attached hydrogen (secondary N) is 1. The number of anilines is 1. The molecule has 152 valence electrons. The van der Waals surface area contributed by atoms with Gasteiger partial charge in [0.2, 0.25) is 0 Å². The zero-order valence-electron chi connectivity index (χ0n) is 17.6. The Morgan fingerprint density at radius 2 is 1.48 bits per heavy atom. The molecule has 0 unspecified atom stereocenters. The number of aryl methyl sites for hydroxylation is 2. The Morgan fingerprint density at radius 3 is 2.00 bits per heavy atom. The average molecular weight is 394 g/mol. The number of rotatable bonds is 6. The fraction of sp³-hybridized carbons (Fsp3) is 0.304. The molecule has 1 aliphatic rings. The van der Waals surface area contributed by atoms with Gasteiger partial charge in [0.15, 0.2) is 0 Å². The highest BCUT2D eigenvalue weighted by Gasteiger charge is 2.40. The smallest absolute Gasteiger partial charge is 0.278 e. The summed E-state index contributed by atoms with van der Waals surface area (Å²) in [6.45, 7) is 7.65. The number of carbonyl (C=O) groups is 2. The van der Waals surface area contributed by atoms with Gasteiger partial charge < -0.3 is 14.8 Å². The first-order valence-electron chi connectivity index (χ1n) is 9.46. The highest BCUT2D eigenvalue weighted by Crippen LogP contribution is 2.34. The van der Waals surface area contributed by atoms with Crippen molar-refractivity contribution >= 4 is 23.1 Å². The standard InChI is InChI=1S/C23H26N2O4/c1-13(2)25-22(26)20(16-8-7-14(3)15(4)9-16)21(23(25)27)24-17-10-18(28-5)12-19(11-17)29-6/h7-13,24H,1-6H3. The van der Waals surface area contributed by atoms with Crippen LogP contribution in [0.2, 0.25) is 0 Å².